The van der Waals surface area contributed by atoms with Gasteiger partial charge in [-0.25, -0.2) is 0 Å². The third-order valence-electron chi connectivity index (χ3n) is 2.72. The fourth-order valence-electron chi connectivity index (χ4n) is 1.82. The highest BCUT2D eigenvalue weighted by Gasteiger charge is 2.03. The number of para-hydroxylation sites is 1. The van der Waals surface area contributed by atoms with Crippen molar-refractivity contribution in [2.45, 2.75) is 32.7 Å². The lowest BCUT2D eigenvalue weighted by molar-refractivity contribution is 0.598. The minimum Gasteiger partial charge on any atom is -0.447 e. The Morgan fingerprint density at radius 1 is 1.41 bits per heavy atom. The molecule has 1 aromatic heterocycles. The molecule has 2 N–H and O–H groups in total. The molecule has 2 nitrogen and oxygen atoms in total. The highest BCUT2D eigenvalue weighted by molar-refractivity contribution is 5.81. The number of rotatable bonds is 2. The van der Waals surface area contributed by atoms with Gasteiger partial charge in [0.15, 0.2) is 5.76 Å². The molecule has 1 heterocycles. The molecule has 1 atom stereocenters. The van der Waals surface area contributed by atoms with E-state index in [1.807, 2.05) is 31.2 Å². The molecule has 0 aliphatic carbocycles. The summed E-state index contributed by atoms with van der Waals surface area (Å²) < 4.78 is 5.70. The summed E-state index contributed by atoms with van der Waals surface area (Å²) in [7, 11) is 0. The van der Waals surface area contributed by atoms with Crippen LogP contribution in [0.4, 0.5) is 0 Å². The normalized spacial score (nSPS) is 12.2. The monoisotopic (exact) mass is 227 g/mol. The first-order valence-electron chi connectivity index (χ1n) is 5.97. The van der Waals surface area contributed by atoms with Gasteiger partial charge < -0.3 is 10.2 Å². The van der Waals surface area contributed by atoms with Crippen LogP contribution >= 0.6 is 0 Å². The van der Waals surface area contributed by atoms with Crippen molar-refractivity contribution in [1.29, 1.82) is 0 Å². The maximum absolute atomic E-state index is 5.84. The summed E-state index contributed by atoms with van der Waals surface area (Å²) >= 11 is 0. The average molecular weight is 227 g/mol. The van der Waals surface area contributed by atoms with Crippen LogP contribution in [0.15, 0.2) is 28.7 Å². The second kappa shape index (κ2) is 5.07. The van der Waals surface area contributed by atoms with Gasteiger partial charge in [0.1, 0.15) is 5.58 Å². The van der Waals surface area contributed by atoms with E-state index in [1.54, 1.807) is 0 Å². The Morgan fingerprint density at radius 3 is 2.94 bits per heavy atom. The van der Waals surface area contributed by atoms with E-state index < -0.39 is 0 Å². The average Bonchev–Trinajstić information content (AvgIpc) is 2.71. The largest absolute Gasteiger partial charge is 0.447 e. The summed E-state index contributed by atoms with van der Waals surface area (Å²) in [5, 5.41) is 1.10. The molecule has 0 fully saturated rings. The number of hydrogen-bond donors (Lipinski definition) is 1. The van der Waals surface area contributed by atoms with Crippen LogP contribution in [0.25, 0.3) is 11.0 Å². The maximum Gasteiger partial charge on any atom is 0.178 e. The predicted octanol–water partition coefficient (Wildman–Crippen LogP) is 3.22. The lowest BCUT2D eigenvalue weighted by Gasteiger charge is -1.97. The molecule has 0 radical (unpaired) electrons. The van der Waals surface area contributed by atoms with Gasteiger partial charge in [-0.15, -0.1) is 0 Å². The summed E-state index contributed by atoms with van der Waals surface area (Å²) in [5.41, 5.74) is 7.89. The molecule has 0 saturated carbocycles. The van der Waals surface area contributed by atoms with Crippen molar-refractivity contribution in [3.8, 4) is 11.8 Å². The zero-order chi connectivity index (χ0) is 12.3. The topological polar surface area (TPSA) is 39.2 Å². The SMILES string of the molecule is CCCC(N)C#Cc1cc2cccc(C)c2o1. The molecule has 17 heavy (non-hydrogen) atoms. The number of benzene rings is 1. The van der Waals surface area contributed by atoms with Crippen LogP contribution in [0.2, 0.25) is 0 Å². The predicted molar refractivity (Wildman–Crippen MR) is 70.7 cm³/mol. The van der Waals surface area contributed by atoms with Crippen molar-refractivity contribution >= 4 is 11.0 Å². The van der Waals surface area contributed by atoms with Gasteiger partial charge >= 0.3 is 0 Å². The van der Waals surface area contributed by atoms with Crippen molar-refractivity contribution < 1.29 is 4.42 Å². The van der Waals surface area contributed by atoms with Gasteiger partial charge in [-0.3, -0.25) is 0 Å². The number of aryl methyl sites for hydroxylation is 1. The molecular weight excluding hydrogens is 210 g/mol. The van der Waals surface area contributed by atoms with E-state index in [9.17, 15) is 0 Å². The molecule has 0 spiro atoms. The van der Waals surface area contributed by atoms with E-state index in [1.165, 1.54) is 0 Å². The van der Waals surface area contributed by atoms with Crippen molar-refractivity contribution in [3.63, 3.8) is 0 Å². The first kappa shape index (κ1) is 11.8. The molecule has 0 bridgehead atoms. The third kappa shape index (κ3) is 2.69. The Hall–Kier alpha value is -1.72. The third-order valence-corrected chi connectivity index (χ3v) is 2.72. The van der Waals surface area contributed by atoms with E-state index in [0.29, 0.717) is 5.76 Å². The zero-order valence-corrected chi connectivity index (χ0v) is 10.3. The van der Waals surface area contributed by atoms with E-state index >= 15 is 0 Å². The molecule has 2 rings (SSSR count). The molecule has 2 heteroatoms. The van der Waals surface area contributed by atoms with Gasteiger partial charge in [0.05, 0.1) is 6.04 Å². The second-order valence-electron chi connectivity index (χ2n) is 4.27. The van der Waals surface area contributed by atoms with Crippen molar-refractivity contribution in [1.82, 2.24) is 0 Å². The Bertz CT molecular complexity index is 571. The van der Waals surface area contributed by atoms with Crippen LogP contribution in [0.5, 0.6) is 0 Å². The molecule has 0 saturated heterocycles. The summed E-state index contributed by atoms with van der Waals surface area (Å²) in [6.45, 7) is 4.14. The zero-order valence-electron chi connectivity index (χ0n) is 10.3. The maximum atomic E-state index is 5.84. The van der Waals surface area contributed by atoms with E-state index in [2.05, 4.69) is 18.8 Å². The van der Waals surface area contributed by atoms with Gasteiger partial charge in [-0.1, -0.05) is 37.5 Å². The quantitative estimate of drug-likeness (QED) is 0.800. The van der Waals surface area contributed by atoms with Crippen molar-refractivity contribution in [2.75, 3.05) is 0 Å². The first-order chi connectivity index (χ1) is 8.20. The molecule has 0 aliphatic rings. The Labute approximate surface area is 102 Å². The van der Waals surface area contributed by atoms with Crippen LogP contribution in [0.3, 0.4) is 0 Å². The number of hydrogen-bond acceptors (Lipinski definition) is 2. The first-order valence-corrected chi connectivity index (χ1v) is 5.97. The van der Waals surface area contributed by atoms with Gasteiger partial charge in [-0.05, 0) is 24.8 Å². The van der Waals surface area contributed by atoms with Crippen molar-refractivity contribution in [2.24, 2.45) is 5.73 Å². The molecule has 0 amide bonds. The molecule has 1 unspecified atom stereocenters. The van der Waals surface area contributed by atoms with E-state index in [0.717, 1.165) is 29.4 Å². The lowest BCUT2D eigenvalue weighted by atomic mass is 10.2. The summed E-state index contributed by atoms with van der Waals surface area (Å²) in [5.74, 6) is 6.71. The molecule has 2 aromatic rings. The highest BCUT2D eigenvalue weighted by atomic mass is 16.3. The fourth-order valence-corrected chi connectivity index (χ4v) is 1.82. The molecule has 1 aromatic carbocycles. The highest BCUT2D eigenvalue weighted by Crippen LogP contribution is 2.21. The Balaban J connectivity index is 2.28. The summed E-state index contributed by atoms with van der Waals surface area (Å²) in [6, 6.07) is 7.99. The van der Waals surface area contributed by atoms with Crippen LogP contribution in [-0.4, -0.2) is 6.04 Å². The van der Waals surface area contributed by atoms with Crippen LogP contribution in [0, 0.1) is 18.8 Å². The summed E-state index contributed by atoms with van der Waals surface area (Å²) in [6.07, 6.45) is 1.97. The lowest BCUT2D eigenvalue weighted by Crippen LogP contribution is -2.16. The summed E-state index contributed by atoms with van der Waals surface area (Å²) in [4.78, 5) is 0. The smallest absolute Gasteiger partial charge is 0.178 e. The van der Waals surface area contributed by atoms with Gasteiger partial charge in [0.25, 0.3) is 0 Å². The second-order valence-corrected chi connectivity index (χ2v) is 4.27. The van der Waals surface area contributed by atoms with Gasteiger partial charge in [0.2, 0.25) is 0 Å². The van der Waals surface area contributed by atoms with E-state index in [-0.39, 0.29) is 6.04 Å². The van der Waals surface area contributed by atoms with Crippen molar-refractivity contribution in [3.05, 3.63) is 35.6 Å². The Kier molecular flexibility index (Phi) is 3.51. The number of fused-ring (bicyclic) bond motifs is 1. The number of furan rings is 1. The van der Waals surface area contributed by atoms with Gasteiger partial charge in [0, 0.05) is 11.5 Å². The molecule has 88 valence electrons. The van der Waals surface area contributed by atoms with Crippen LogP contribution in [0.1, 0.15) is 31.1 Å². The minimum atomic E-state index is -0.0608. The van der Waals surface area contributed by atoms with Crippen LogP contribution in [-0.2, 0) is 0 Å². The minimum absolute atomic E-state index is 0.0608. The van der Waals surface area contributed by atoms with Gasteiger partial charge in [-0.2, -0.15) is 0 Å². The fraction of sp³-hybridized carbons (Fsp3) is 0.333. The number of nitrogens with two attached hydrogens (primary N) is 1. The van der Waals surface area contributed by atoms with Crippen LogP contribution < -0.4 is 5.73 Å². The molecular formula is C15H17NO. The molecule has 0 aliphatic heterocycles. The Morgan fingerprint density at radius 2 is 2.24 bits per heavy atom. The standard InChI is InChI=1S/C15H17NO/c1-3-5-13(16)8-9-14-10-12-7-4-6-11(2)15(12)17-14/h4,6-7,10,13H,3,5,16H2,1-2H3. The van der Waals surface area contributed by atoms with E-state index in [4.69, 9.17) is 10.2 Å².